The molecule has 0 N–H and O–H groups in total. The molecule has 1 heteroatoms. The fourth-order valence-corrected chi connectivity index (χ4v) is 3.99. The predicted molar refractivity (Wildman–Crippen MR) is 67.3 cm³/mol. The minimum absolute atomic E-state index is 0.420. The average Bonchev–Trinajstić information content (AvgIpc) is 2.67. The molecule has 0 aromatic heterocycles. The quantitative estimate of drug-likeness (QED) is 0.584. The molecule has 2 aliphatic rings. The van der Waals surface area contributed by atoms with E-state index in [2.05, 4.69) is 13.8 Å². The number of rotatable bonds is 2. The maximum Gasteiger partial charge on any atom is 0.0387 e. The zero-order chi connectivity index (χ0) is 10.9. The lowest BCUT2D eigenvalue weighted by Gasteiger charge is -2.39. The Morgan fingerprint density at radius 1 is 1.00 bits per heavy atom. The normalized spacial score (nSPS) is 28.8. The number of hydrogen-bond acceptors (Lipinski definition) is 0. The van der Waals surface area contributed by atoms with Crippen molar-refractivity contribution in [1.29, 1.82) is 0 Å². The Morgan fingerprint density at radius 3 is 2.00 bits per heavy atom. The Morgan fingerprint density at radius 2 is 1.53 bits per heavy atom. The highest BCUT2D eigenvalue weighted by Crippen LogP contribution is 2.51. The Hall–Kier alpha value is 0.290. The largest absolute Gasteiger partial charge is 0.122 e. The summed E-state index contributed by atoms with van der Waals surface area (Å²) >= 11 is 6.49. The molecule has 2 rings (SSSR count). The summed E-state index contributed by atoms with van der Waals surface area (Å²) < 4.78 is 0. The topological polar surface area (TPSA) is 0 Å². The van der Waals surface area contributed by atoms with E-state index < -0.39 is 0 Å². The van der Waals surface area contributed by atoms with Gasteiger partial charge < -0.3 is 0 Å². The van der Waals surface area contributed by atoms with Crippen LogP contribution in [0, 0.1) is 17.3 Å². The summed E-state index contributed by atoms with van der Waals surface area (Å²) in [5, 5.41) is 0.420. The van der Waals surface area contributed by atoms with Crippen molar-refractivity contribution >= 4 is 11.6 Å². The zero-order valence-electron chi connectivity index (χ0n) is 10.3. The van der Waals surface area contributed by atoms with E-state index in [4.69, 9.17) is 11.6 Å². The van der Waals surface area contributed by atoms with Gasteiger partial charge in [-0.05, 0) is 55.8 Å². The van der Waals surface area contributed by atoms with Crippen molar-refractivity contribution in [2.24, 2.45) is 17.3 Å². The van der Waals surface area contributed by atoms with E-state index in [1.807, 2.05) is 0 Å². The predicted octanol–water partition coefficient (Wildman–Crippen LogP) is 5.00. The van der Waals surface area contributed by atoms with E-state index in [1.54, 1.807) is 0 Å². The molecule has 0 aromatic rings. The number of alkyl halides is 1. The van der Waals surface area contributed by atoms with E-state index >= 15 is 0 Å². The fourth-order valence-electron chi connectivity index (χ4n) is 3.74. The van der Waals surface area contributed by atoms with Crippen molar-refractivity contribution in [1.82, 2.24) is 0 Å². The molecule has 1 unspecified atom stereocenters. The van der Waals surface area contributed by atoms with Gasteiger partial charge in [-0.25, -0.2) is 0 Å². The molecule has 0 aliphatic heterocycles. The minimum atomic E-state index is 0.420. The first-order valence-electron chi connectivity index (χ1n) is 6.77. The van der Waals surface area contributed by atoms with Gasteiger partial charge in [0.05, 0.1) is 0 Å². The van der Waals surface area contributed by atoms with Gasteiger partial charge in [0.15, 0.2) is 0 Å². The summed E-state index contributed by atoms with van der Waals surface area (Å²) in [4.78, 5) is 0. The molecule has 1 atom stereocenters. The second-order valence-corrected chi connectivity index (χ2v) is 6.74. The van der Waals surface area contributed by atoms with Crippen LogP contribution in [0.25, 0.3) is 0 Å². The maximum atomic E-state index is 6.49. The average molecular weight is 229 g/mol. The van der Waals surface area contributed by atoms with E-state index in [1.165, 1.54) is 51.4 Å². The Kier molecular flexibility index (Phi) is 3.65. The third kappa shape index (κ3) is 2.52. The van der Waals surface area contributed by atoms with Gasteiger partial charge >= 0.3 is 0 Å². The van der Waals surface area contributed by atoms with Gasteiger partial charge in [0.1, 0.15) is 0 Å². The van der Waals surface area contributed by atoms with Gasteiger partial charge in [-0.3, -0.25) is 0 Å². The summed E-state index contributed by atoms with van der Waals surface area (Å²) in [6.45, 7) is 4.52. The van der Waals surface area contributed by atoms with Crippen molar-refractivity contribution in [2.45, 2.75) is 70.6 Å². The number of halogens is 1. The van der Waals surface area contributed by atoms with Gasteiger partial charge in [-0.2, -0.15) is 0 Å². The van der Waals surface area contributed by atoms with Crippen LogP contribution in [-0.2, 0) is 0 Å². The molecule has 15 heavy (non-hydrogen) atoms. The van der Waals surface area contributed by atoms with Gasteiger partial charge in [0, 0.05) is 5.38 Å². The van der Waals surface area contributed by atoms with E-state index in [9.17, 15) is 0 Å². The molecule has 0 bridgehead atoms. The third-order valence-electron chi connectivity index (χ3n) is 4.84. The van der Waals surface area contributed by atoms with Crippen LogP contribution in [0.5, 0.6) is 0 Å². The zero-order valence-corrected chi connectivity index (χ0v) is 11.0. The van der Waals surface area contributed by atoms with Crippen molar-refractivity contribution in [3.63, 3.8) is 0 Å². The fraction of sp³-hybridized carbons (Fsp3) is 1.00. The van der Waals surface area contributed by atoms with Crippen molar-refractivity contribution in [3.05, 3.63) is 0 Å². The molecule has 88 valence electrons. The first kappa shape index (κ1) is 11.8. The lowest BCUT2D eigenvalue weighted by Crippen LogP contribution is -2.30. The standard InChI is InChI=1S/C14H25Cl/c1-11(2)13(15)12-5-9-14(10-6-12)7-3-4-8-14/h11-13H,3-10H2,1-2H3. The second kappa shape index (κ2) is 4.65. The van der Waals surface area contributed by atoms with E-state index in [-0.39, 0.29) is 0 Å². The molecule has 0 heterocycles. The highest BCUT2D eigenvalue weighted by molar-refractivity contribution is 6.20. The summed E-state index contributed by atoms with van der Waals surface area (Å²) in [7, 11) is 0. The third-order valence-corrected chi connectivity index (χ3v) is 5.70. The minimum Gasteiger partial charge on any atom is -0.122 e. The van der Waals surface area contributed by atoms with E-state index in [0.717, 1.165) is 11.3 Å². The highest BCUT2D eigenvalue weighted by atomic mass is 35.5. The van der Waals surface area contributed by atoms with Crippen molar-refractivity contribution < 1.29 is 0 Å². The number of hydrogen-bond donors (Lipinski definition) is 0. The molecule has 0 saturated heterocycles. The molecular formula is C14H25Cl. The monoisotopic (exact) mass is 228 g/mol. The van der Waals surface area contributed by atoms with Gasteiger partial charge in [-0.1, -0.05) is 26.7 Å². The van der Waals surface area contributed by atoms with Crippen LogP contribution >= 0.6 is 11.6 Å². The van der Waals surface area contributed by atoms with Crippen LogP contribution in [0.4, 0.5) is 0 Å². The summed E-state index contributed by atoms with van der Waals surface area (Å²) in [5.41, 5.74) is 0.768. The molecule has 1 spiro atoms. The second-order valence-electron chi connectivity index (χ2n) is 6.23. The lowest BCUT2D eigenvalue weighted by atomic mass is 9.68. The van der Waals surface area contributed by atoms with Gasteiger partial charge in [-0.15, -0.1) is 11.6 Å². The lowest BCUT2D eigenvalue weighted by molar-refractivity contribution is 0.145. The first-order chi connectivity index (χ1) is 7.13. The Bertz CT molecular complexity index is 193. The van der Waals surface area contributed by atoms with Crippen LogP contribution in [0.2, 0.25) is 0 Å². The Balaban J connectivity index is 1.86. The van der Waals surface area contributed by atoms with Crippen LogP contribution in [-0.4, -0.2) is 5.38 Å². The SMILES string of the molecule is CC(C)C(Cl)C1CCC2(CCCC2)CC1. The molecule has 2 aliphatic carbocycles. The van der Waals surface area contributed by atoms with Crippen molar-refractivity contribution in [3.8, 4) is 0 Å². The molecule has 0 aromatic carbocycles. The highest BCUT2D eigenvalue weighted by Gasteiger charge is 2.39. The smallest absolute Gasteiger partial charge is 0.0387 e. The van der Waals surface area contributed by atoms with Crippen LogP contribution in [0.15, 0.2) is 0 Å². The van der Waals surface area contributed by atoms with Crippen molar-refractivity contribution in [2.75, 3.05) is 0 Å². The van der Waals surface area contributed by atoms with Gasteiger partial charge in [0.25, 0.3) is 0 Å². The maximum absolute atomic E-state index is 6.49. The first-order valence-corrected chi connectivity index (χ1v) is 7.21. The summed E-state index contributed by atoms with van der Waals surface area (Å²) in [5.74, 6) is 1.45. The van der Waals surface area contributed by atoms with Crippen LogP contribution in [0.3, 0.4) is 0 Å². The molecular weight excluding hydrogens is 204 g/mol. The molecule has 2 fully saturated rings. The van der Waals surface area contributed by atoms with Crippen LogP contribution < -0.4 is 0 Å². The Labute approximate surface area is 99.8 Å². The van der Waals surface area contributed by atoms with E-state index in [0.29, 0.717) is 11.3 Å². The summed E-state index contributed by atoms with van der Waals surface area (Å²) in [6.07, 6.45) is 11.7. The molecule has 0 radical (unpaired) electrons. The molecule has 0 amide bonds. The van der Waals surface area contributed by atoms with Gasteiger partial charge in [0.2, 0.25) is 0 Å². The molecule has 2 saturated carbocycles. The summed E-state index contributed by atoms with van der Waals surface area (Å²) in [6, 6.07) is 0. The molecule has 0 nitrogen and oxygen atoms in total. The van der Waals surface area contributed by atoms with Crippen LogP contribution in [0.1, 0.15) is 65.2 Å².